The van der Waals surface area contributed by atoms with Gasteiger partial charge < -0.3 is 20.2 Å². The molecule has 6 heteroatoms. The summed E-state index contributed by atoms with van der Waals surface area (Å²) in [4.78, 5) is 12.1. The van der Waals surface area contributed by atoms with Crippen LogP contribution in [0.25, 0.3) is 0 Å². The second kappa shape index (κ2) is 9.22. The van der Waals surface area contributed by atoms with Crippen LogP contribution >= 0.6 is 12.4 Å². The lowest BCUT2D eigenvalue weighted by Crippen LogP contribution is -2.12. The van der Waals surface area contributed by atoms with E-state index in [1.165, 1.54) is 6.26 Å². The quantitative estimate of drug-likeness (QED) is 0.750. The molecule has 1 heterocycles. The monoisotopic (exact) mass is 338 g/mol. The van der Waals surface area contributed by atoms with Crippen molar-refractivity contribution >= 4 is 24.0 Å². The van der Waals surface area contributed by atoms with Crippen molar-refractivity contribution in [3.8, 4) is 5.75 Å². The lowest BCUT2D eigenvalue weighted by molar-refractivity contribution is 0.102. The number of rotatable bonds is 7. The maximum absolute atomic E-state index is 12.1. The van der Waals surface area contributed by atoms with Gasteiger partial charge >= 0.3 is 0 Å². The fourth-order valence-electron chi connectivity index (χ4n) is 2.00. The largest absolute Gasteiger partial charge is 0.494 e. The number of hydrogen-bond donors (Lipinski definition) is 2. The number of halogens is 1. The summed E-state index contributed by atoms with van der Waals surface area (Å²) >= 11 is 0. The van der Waals surface area contributed by atoms with Crippen LogP contribution in [0.2, 0.25) is 0 Å². The van der Waals surface area contributed by atoms with Crippen molar-refractivity contribution in [1.29, 1.82) is 0 Å². The number of benzene rings is 1. The Labute approximate surface area is 142 Å². The fraction of sp³-hybridized carbons (Fsp3) is 0.353. The minimum atomic E-state index is -0.216. The van der Waals surface area contributed by atoms with Crippen LogP contribution in [-0.4, -0.2) is 12.5 Å². The topological polar surface area (TPSA) is 77.5 Å². The number of nitrogens with two attached hydrogens (primary N) is 1. The zero-order valence-corrected chi connectivity index (χ0v) is 14.2. The molecule has 0 atom stereocenters. The second-order valence-electron chi connectivity index (χ2n) is 5.14. The minimum Gasteiger partial charge on any atom is -0.494 e. The molecule has 0 fully saturated rings. The highest BCUT2D eigenvalue weighted by atomic mass is 35.5. The number of carbonyl (C=O) groups excluding carboxylic acids is 1. The van der Waals surface area contributed by atoms with E-state index in [9.17, 15) is 4.79 Å². The van der Waals surface area contributed by atoms with Gasteiger partial charge in [-0.2, -0.15) is 0 Å². The zero-order chi connectivity index (χ0) is 15.9. The summed E-state index contributed by atoms with van der Waals surface area (Å²) in [5.74, 6) is 1.19. The molecule has 0 unspecified atom stereocenters. The van der Waals surface area contributed by atoms with Gasteiger partial charge in [-0.05, 0) is 43.2 Å². The molecule has 0 aliphatic carbocycles. The van der Waals surface area contributed by atoms with Crippen LogP contribution in [0.1, 0.15) is 41.4 Å². The Morgan fingerprint density at radius 2 is 2.13 bits per heavy atom. The van der Waals surface area contributed by atoms with Crippen LogP contribution in [0.4, 0.5) is 5.69 Å². The molecule has 126 valence electrons. The Morgan fingerprint density at radius 3 is 2.74 bits per heavy atom. The summed E-state index contributed by atoms with van der Waals surface area (Å²) < 4.78 is 10.8. The zero-order valence-electron chi connectivity index (χ0n) is 13.4. The van der Waals surface area contributed by atoms with Gasteiger partial charge in [0, 0.05) is 5.69 Å². The summed E-state index contributed by atoms with van der Waals surface area (Å²) in [5.41, 5.74) is 7.63. The third-order valence-electron chi connectivity index (χ3n) is 3.33. The van der Waals surface area contributed by atoms with Crippen LogP contribution < -0.4 is 15.8 Å². The molecule has 2 rings (SSSR count). The molecule has 0 saturated carbocycles. The lowest BCUT2D eigenvalue weighted by atomic mass is 10.1. The van der Waals surface area contributed by atoms with Crippen molar-refractivity contribution in [3.05, 3.63) is 47.4 Å². The molecule has 3 N–H and O–H groups in total. The number of amides is 1. The standard InChI is InChI=1S/C17H22N2O3.ClH/c1-3-4-7-21-14-5-6-16(12(2)8-14)19-17(20)13-9-15(10-18)22-11-13;/h5-6,8-9,11H,3-4,7,10,18H2,1-2H3,(H,19,20);1H. The summed E-state index contributed by atoms with van der Waals surface area (Å²) in [5, 5.41) is 2.86. The summed E-state index contributed by atoms with van der Waals surface area (Å²) in [6.07, 6.45) is 3.54. The molecule has 1 aromatic carbocycles. The third kappa shape index (κ3) is 5.30. The molecule has 2 aromatic rings. The number of ether oxygens (including phenoxy) is 1. The Bertz CT molecular complexity index is 641. The minimum absolute atomic E-state index is 0. The first-order chi connectivity index (χ1) is 10.6. The van der Waals surface area contributed by atoms with E-state index >= 15 is 0 Å². The normalized spacial score (nSPS) is 10.0. The second-order valence-corrected chi connectivity index (χ2v) is 5.14. The van der Waals surface area contributed by atoms with Crippen molar-refractivity contribution in [2.45, 2.75) is 33.2 Å². The molecule has 0 aliphatic rings. The molecule has 1 aromatic heterocycles. The Hall–Kier alpha value is -1.98. The molecule has 0 radical (unpaired) electrons. The smallest absolute Gasteiger partial charge is 0.258 e. The molecule has 0 aliphatic heterocycles. The van der Waals surface area contributed by atoms with Gasteiger partial charge in [-0.3, -0.25) is 4.79 Å². The highest BCUT2D eigenvalue weighted by Crippen LogP contribution is 2.22. The van der Waals surface area contributed by atoms with Crippen molar-refractivity contribution in [2.75, 3.05) is 11.9 Å². The van der Waals surface area contributed by atoms with E-state index < -0.39 is 0 Å². The molecule has 0 bridgehead atoms. The maximum Gasteiger partial charge on any atom is 0.258 e. The molecular formula is C17H23ClN2O3. The first-order valence-corrected chi connectivity index (χ1v) is 7.46. The number of aryl methyl sites for hydroxylation is 1. The summed E-state index contributed by atoms with van der Waals surface area (Å²) in [6.45, 7) is 5.04. The average Bonchev–Trinajstić information content (AvgIpc) is 2.99. The third-order valence-corrected chi connectivity index (χ3v) is 3.33. The van der Waals surface area contributed by atoms with E-state index in [0.717, 1.165) is 29.8 Å². The van der Waals surface area contributed by atoms with Crippen LogP contribution in [0.15, 0.2) is 34.9 Å². The predicted molar refractivity (Wildman–Crippen MR) is 93.4 cm³/mol. The van der Waals surface area contributed by atoms with Gasteiger partial charge in [-0.1, -0.05) is 13.3 Å². The van der Waals surface area contributed by atoms with Gasteiger partial charge in [0.25, 0.3) is 5.91 Å². The van der Waals surface area contributed by atoms with Crippen molar-refractivity contribution in [1.82, 2.24) is 0 Å². The molecule has 23 heavy (non-hydrogen) atoms. The SMILES string of the molecule is CCCCOc1ccc(NC(=O)c2coc(CN)c2)c(C)c1.Cl. The number of carbonyl (C=O) groups is 1. The van der Waals surface area contributed by atoms with Gasteiger partial charge in [0.05, 0.1) is 18.7 Å². The van der Waals surface area contributed by atoms with Gasteiger partial charge in [-0.15, -0.1) is 12.4 Å². The van der Waals surface area contributed by atoms with Crippen LogP contribution in [0.3, 0.4) is 0 Å². The van der Waals surface area contributed by atoms with Gasteiger partial charge in [0.2, 0.25) is 0 Å². The number of nitrogens with one attached hydrogen (secondary N) is 1. The molecule has 0 saturated heterocycles. The van der Waals surface area contributed by atoms with E-state index in [-0.39, 0.29) is 24.9 Å². The van der Waals surface area contributed by atoms with E-state index in [1.54, 1.807) is 6.07 Å². The van der Waals surface area contributed by atoms with E-state index in [1.807, 2.05) is 25.1 Å². The number of unbranched alkanes of at least 4 members (excludes halogenated alkanes) is 1. The first-order valence-electron chi connectivity index (χ1n) is 7.46. The predicted octanol–water partition coefficient (Wildman–Crippen LogP) is 3.90. The van der Waals surface area contributed by atoms with E-state index in [0.29, 0.717) is 17.9 Å². The first kappa shape index (κ1) is 19.1. The van der Waals surface area contributed by atoms with Crippen LogP contribution in [0, 0.1) is 6.92 Å². The van der Waals surface area contributed by atoms with E-state index in [4.69, 9.17) is 14.9 Å². The highest BCUT2D eigenvalue weighted by Gasteiger charge is 2.11. The fourth-order valence-corrected chi connectivity index (χ4v) is 2.00. The van der Waals surface area contributed by atoms with Gasteiger partial charge in [0.15, 0.2) is 0 Å². The molecule has 0 spiro atoms. The lowest BCUT2D eigenvalue weighted by Gasteiger charge is -2.10. The number of furan rings is 1. The summed E-state index contributed by atoms with van der Waals surface area (Å²) in [6, 6.07) is 7.27. The van der Waals surface area contributed by atoms with Gasteiger partial charge in [-0.25, -0.2) is 0 Å². The molecule has 5 nitrogen and oxygen atoms in total. The summed E-state index contributed by atoms with van der Waals surface area (Å²) in [7, 11) is 0. The van der Waals surface area contributed by atoms with Crippen LogP contribution in [-0.2, 0) is 6.54 Å². The van der Waals surface area contributed by atoms with Crippen LogP contribution in [0.5, 0.6) is 5.75 Å². The van der Waals surface area contributed by atoms with Gasteiger partial charge in [0.1, 0.15) is 17.8 Å². The highest BCUT2D eigenvalue weighted by molar-refractivity contribution is 6.04. The van der Waals surface area contributed by atoms with Crippen molar-refractivity contribution < 1.29 is 13.9 Å². The van der Waals surface area contributed by atoms with Crippen molar-refractivity contribution in [2.24, 2.45) is 5.73 Å². The Balaban J connectivity index is 0.00000264. The van der Waals surface area contributed by atoms with E-state index in [2.05, 4.69) is 12.2 Å². The molecular weight excluding hydrogens is 316 g/mol. The van der Waals surface area contributed by atoms with Crippen molar-refractivity contribution in [3.63, 3.8) is 0 Å². The Kier molecular flexibility index (Phi) is 7.65. The maximum atomic E-state index is 12.1. The average molecular weight is 339 g/mol. The molecule has 1 amide bonds. The number of anilines is 1. The Morgan fingerprint density at radius 1 is 1.35 bits per heavy atom. The number of hydrogen-bond acceptors (Lipinski definition) is 4.